The molecule has 0 aliphatic carbocycles. The van der Waals surface area contributed by atoms with Gasteiger partial charge in [0.25, 0.3) is 0 Å². The molecule has 20 heavy (non-hydrogen) atoms. The third-order valence-corrected chi connectivity index (χ3v) is 3.50. The van der Waals surface area contributed by atoms with Crippen molar-refractivity contribution in [3.05, 3.63) is 0 Å². The van der Waals surface area contributed by atoms with Gasteiger partial charge in [-0.05, 0) is 12.8 Å². The second-order valence-corrected chi connectivity index (χ2v) is 4.51. The monoisotopic (exact) mass is 284 g/mol. The summed E-state index contributed by atoms with van der Waals surface area (Å²) in [6, 6.07) is 2.13. The molecule has 0 spiro atoms. The third kappa shape index (κ3) is 4.82. The van der Waals surface area contributed by atoms with Crippen molar-refractivity contribution in [2.24, 2.45) is 5.41 Å². The van der Waals surface area contributed by atoms with Gasteiger partial charge in [-0.2, -0.15) is 5.26 Å². The van der Waals surface area contributed by atoms with Gasteiger partial charge in [0.2, 0.25) is 5.91 Å². The fraction of sp³-hybridized carbons (Fsp3) is 0.786. The van der Waals surface area contributed by atoms with Crippen LogP contribution in [-0.2, 0) is 19.1 Å². The van der Waals surface area contributed by atoms with E-state index in [1.54, 1.807) is 7.11 Å². The van der Waals surface area contributed by atoms with Crippen LogP contribution in [0.4, 0.5) is 0 Å². The highest BCUT2D eigenvalue weighted by Gasteiger charge is 2.38. The minimum Gasteiger partial charge on any atom is -0.469 e. The van der Waals surface area contributed by atoms with Crippen molar-refractivity contribution in [2.45, 2.75) is 33.1 Å². The van der Waals surface area contributed by atoms with Crippen LogP contribution < -0.4 is 0 Å². The standard InChI is InChI=1S/C14H24N2O4/c1-5-14(6-2,11-15)13(18)16(9-10-19-3)8-7-12(17)20-4/h5-10H2,1-4H3. The lowest BCUT2D eigenvalue weighted by Gasteiger charge is -2.31. The molecule has 0 aromatic heterocycles. The summed E-state index contributed by atoms with van der Waals surface area (Å²) >= 11 is 0. The molecular formula is C14H24N2O4. The lowest BCUT2D eigenvalue weighted by atomic mass is 9.82. The van der Waals surface area contributed by atoms with E-state index in [1.165, 1.54) is 12.0 Å². The van der Waals surface area contributed by atoms with Gasteiger partial charge in [-0.3, -0.25) is 9.59 Å². The van der Waals surface area contributed by atoms with Crippen molar-refractivity contribution in [1.82, 2.24) is 4.90 Å². The van der Waals surface area contributed by atoms with E-state index >= 15 is 0 Å². The fourth-order valence-electron chi connectivity index (χ4n) is 1.91. The lowest BCUT2D eigenvalue weighted by Crippen LogP contribution is -2.45. The Morgan fingerprint density at radius 1 is 1.20 bits per heavy atom. The van der Waals surface area contributed by atoms with E-state index in [4.69, 9.17) is 4.74 Å². The summed E-state index contributed by atoms with van der Waals surface area (Å²) in [4.78, 5) is 25.3. The van der Waals surface area contributed by atoms with Gasteiger partial charge < -0.3 is 14.4 Å². The maximum Gasteiger partial charge on any atom is 0.307 e. The summed E-state index contributed by atoms with van der Waals surface area (Å²) in [7, 11) is 2.85. The molecule has 0 aromatic carbocycles. The number of rotatable bonds is 9. The molecule has 0 aliphatic heterocycles. The highest BCUT2D eigenvalue weighted by Crippen LogP contribution is 2.28. The molecule has 0 atom stereocenters. The molecule has 0 fully saturated rings. The van der Waals surface area contributed by atoms with Crippen molar-refractivity contribution in [3.8, 4) is 6.07 Å². The number of ether oxygens (including phenoxy) is 2. The average Bonchev–Trinajstić information content (AvgIpc) is 2.49. The molecule has 6 heteroatoms. The Morgan fingerprint density at radius 3 is 2.20 bits per heavy atom. The minimum absolute atomic E-state index is 0.112. The summed E-state index contributed by atoms with van der Waals surface area (Å²) in [5.74, 6) is -0.623. The van der Waals surface area contributed by atoms with Gasteiger partial charge in [-0.15, -0.1) is 0 Å². The predicted molar refractivity (Wildman–Crippen MR) is 73.7 cm³/mol. The van der Waals surface area contributed by atoms with Crippen LogP contribution in [0.15, 0.2) is 0 Å². The first-order valence-electron chi connectivity index (χ1n) is 6.77. The Kier molecular flexibility index (Phi) is 8.57. The number of esters is 1. The first-order valence-corrected chi connectivity index (χ1v) is 6.77. The number of hydrogen-bond acceptors (Lipinski definition) is 5. The van der Waals surface area contributed by atoms with Crippen LogP contribution in [0.2, 0.25) is 0 Å². The quantitative estimate of drug-likeness (QED) is 0.597. The van der Waals surface area contributed by atoms with Crippen molar-refractivity contribution in [3.63, 3.8) is 0 Å². The molecule has 0 bridgehead atoms. The molecule has 0 radical (unpaired) electrons. The highest BCUT2D eigenvalue weighted by atomic mass is 16.5. The Hall–Kier alpha value is -1.61. The molecule has 0 saturated carbocycles. The van der Waals surface area contributed by atoms with Gasteiger partial charge >= 0.3 is 5.97 Å². The van der Waals surface area contributed by atoms with E-state index in [2.05, 4.69) is 10.8 Å². The number of carbonyl (C=O) groups excluding carboxylic acids is 2. The molecular weight excluding hydrogens is 260 g/mol. The van der Waals surface area contributed by atoms with Crippen LogP contribution >= 0.6 is 0 Å². The molecule has 0 unspecified atom stereocenters. The van der Waals surface area contributed by atoms with Gasteiger partial charge in [-0.25, -0.2) is 0 Å². The molecule has 0 saturated heterocycles. The van der Waals surface area contributed by atoms with Crippen LogP contribution in [-0.4, -0.2) is 50.7 Å². The number of hydrogen-bond donors (Lipinski definition) is 0. The predicted octanol–water partition coefficient (Wildman–Crippen LogP) is 1.35. The van der Waals surface area contributed by atoms with E-state index in [0.29, 0.717) is 26.0 Å². The van der Waals surface area contributed by atoms with E-state index in [9.17, 15) is 14.9 Å². The molecule has 114 valence electrons. The van der Waals surface area contributed by atoms with E-state index in [-0.39, 0.29) is 24.8 Å². The molecule has 0 rings (SSSR count). The number of nitriles is 1. The highest BCUT2D eigenvalue weighted by molar-refractivity contribution is 5.85. The van der Waals surface area contributed by atoms with Crippen LogP contribution in [0.25, 0.3) is 0 Å². The largest absolute Gasteiger partial charge is 0.469 e. The maximum absolute atomic E-state index is 12.6. The smallest absolute Gasteiger partial charge is 0.307 e. The zero-order chi connectivity index (χ0) is 15.6. The first kappa shape index (κ1) is 18.4. The summed E-state index contributed by atoms with van der Waals surface area (Å²) in [6.07, 6.45) is 1.00. The third-order valence-electron chi connectivity index (χ3n) is 3.50. The van der Waals surface area contributed by atoms with Gasteiger partial charge in [-0.1, -0.05) is 13.8 Å². The van der Waals surface area contributed by atoms with Gasteiger partial charge in [0.1, 0.15) is 5.41 Å². The van der Waals surface area contributed by atoms with Crippen LogP contribution in [0.5, 0.6) is 0 Å². The topological polar surface area (TPSA) is 79.6 Å². The molecule has 1 amide bonds. The second kappa shape index (κ2) is 9.32. The maximum atomic E-state index is 12.6. The second-order valence-electron chi connectivity index (χ2n) is 4.51. The normalized spacial score (nSPS) is 10.8. The SMILES string of the molecule is CCC(C#N)(CC)C(=O)N(CCOC)CCC(=O)OC. The molecule has 6 nitrogen and oxygen atoms in total. The summed E-state index contributed by atoms with van der Waals surface area (Å²) in [6.45, 7) is 4.59. The van der Waals surface area contributed by atoms with Crippen molar-refractivity contribution < 1.29 is 19.1 Å². The molecule has 0 aromatic rings. The van der Waals surface area contributed by atoms with Crippen LogP contribution in [0.3, 0.4) is 0 Å². The number of nitrogens with zero attached hydrogens (tertiary/aromatic N) is 2. The Morgan fingerprint density at radius 2 is 1.80 bits per heavy atom. The van der Waals surface area contributed by atoms with E-state index in [1.807, 2.05) is 13.8 Å². The fourth-order valence-corrected chi connectivity index (χ4v) is 1.91. The molecule has 0 heterocycles. The Bertz CT molecular complexity index is 359. The van der Waals surface area contributed by atoms with Crippen molar-refractivity contribution in [1.29, 1.82) is 5.26 Å². The average molecular weight is 284 g/mol. The summed E-state index contributed by atoms with van der Waals surface area (Å²) < 4.78 is 9.55. The van der Waals surface area contributed by atoms with E-state index in [0.717, 1.165) is 0 Å². The zero-order valence-corrected chi connectivity index (χ0v) is 12.8. The summed E-state index contributed by atoms with van der Waals surface area (Å²) in [5, 5.41) is 9.32. The zero-order valence-electron chi connectivity index (χ0n) is 12.8. The van der Waals surface area contributed by atoms with Gasteiger partial charge in [0.15, 0.2) is 0 Å². The van der Waals surface area contributed by atoms with E-state index < -0.39 is 5.41 Å². The van der Waals surface area contributed by atoms with Crippen molar-refractivity contribution in [2.75, 3.05) is 33.9 Å². The molecule has 0 N–H and O–H groups in total. The Labute approximate surface area is 120 Å². The number of amides is 1. The lowest BCUT2D eigenvalue weighted by molar-refractivity contribution is -0.144. The number of methoxy groups -OCH3 is 2. The Balaban J connectivity index is 4.96. The first-order chi connectivity index (χ1) is 9.51. The van der Waals surface area contributed by atoms with Gasteiger partial charge in [0, 0.05) is 20.2 Å². The minimum atomic E-state index is -1.02. The van der Waals surface area contributed by atoms with Crippen LogP contribution in [0.1, 0.15) is 33.1 Å². The summed E-state index contributed by atoms with van der Waals surface area (Å²) in [5.41, 5.74) is -1.02. The van der Waals surface area contributed by atoms with Gasteiger partial charge in [0.05, 0.1) is 26.2 Å². The molecule has 0 aliphatic rings. The van der Waals surface area contributed by atoms with Crippen molar-refractivity contribution >= 4 is 11.9 Å². The number of carbonyl (C=O) groups is 2. The van der Waals surface area contributed by atoms with Crippen LogP contribution in [0, 0.1) is 16.7 Å².